The average molecular weight is 393 g/mol. The van der Waals surface area contributed by atoms with Crippen LogP contribution in [0.25, 0.3) is 28.2 Å². The van der Waals surface area contributed by atoms with Crippen LogP contribution < -0.4 is 4.90 Å². The third kappa shape index (κ3) is 3.08. The van der Waals surface area contributed by atoms with Gasteiger partial charge >= 0.3 is 0 Å². The quantitative estimate of drug-likeness (QED) is 0.532. The SMILES string of the molecule is Clc1ccc(-n2c(-c3ccc(N4CCOCC4)nc3)nc3ccncc32)nc1. The van der Waals surface area contributed by atoms with Gasteiger partial charge in [0.1, 0.15) is 17.5 Å². The van der Waals surface area contributed by atoms with Crippen LogP contribution in [0.4, 0.5) is 5.82 Å². The second-order valence-corrected chi connectivity index (χ2v) is 6.91. The van der Waals surface area contributed by atoms with Gasteiger partial charge in [-0.05, 0) is 30.3 Å². The molecular formula is C20H17ClN6O. The summed E-state index contributed by atoms with van der Waals surface area (Å²) in [7, 11) is 0. The summed E-state index contributed by atoms with van der Waals surface area (Å²) in [6, 6.07) is 9.64. The van der Waals surface area contributed by atoms with Crippen molar-refractivity contribution in [2.45, 2.75) is 0 Å². The van der Waals surface area contributed by atoms with Gasteiger partial charge in [-0.25, -0.2) is 15.0 Å². The lowest BCUT2D eigenvalue weighted by atomic mass is 10.2. The van der Waals surface area contributed by atoms with Crippen molar-refractivity contribution in [3.63, 3.8) is 0 Å². The number of morpholine rings is 1. The fraction of sp³-hybridized carbons (Fsp3) is 0.200. The number of hydrogen-bond donors (Lipinski definition) is 0. The molecule has 1 saturated heterocycles. The van der Waals surface area contributed by atoms with Crippen LogP contribution in [0.5, 0.6) is 0 Å². The van der Waals surface area contributed by atoms with Crippen LogP contribution in [0.2, 0.25) is 5.02 Å². The fourth-order valence-electron chi connectivity index (χ4n) is 3.35. The van der Waals surface area contributed by atoms with Crippen LogP contribution in [0.15, 0.2) is 55.1 Å². The van der Waals surface area contributed by atoms with E-state index in [0.29, 0.717) is 5.02 Å². The maximum Gasteiger partial charge on any atom is 0.148 e. The predicted octanol–water partition coefficient (Wildman–Crippen LogP) is 3.37. The molecule has 8 heteroatoms. The van der Waals surface area contributed by atoms with Gasteiger partial charge in [-0.3, -0.25) is 9.55 Å². The molecule has 28 heavy (non-hydrogen) atoms. The molecule has 1 aliphatic heterocycles. The molecule has 0 bridgehead atoms. The van der Waals surface area contributed by atoms with Crippen molar-refractivity contribution in [1.82, 2.24) is 24.5 Å². The average Bonchev–Trinajstić information content (AvgIpc) is 3.15. The predicted molar refractivity (Wildman–Crippen MR) is 108 cm³/mol. The van der Waals surface area contributed by atoms with Crippen molar-refractivity contribution in [1.29, 1.82) is 0 Å². The Hall–Kier alpha value is -3.03. The van der Waals surface area contributed by atoms with Crippen LogP contribution >= 0.6 is 11.6 Å². The first-order chi connectivity index (χ1) is 13.8. The first kappa shape index (κ1) is 17.1. The molecule has 1 aliphatic rings. The Labute approximate surface area is 166 Å². The zero-order valence-corrected chi connectivity index (χ0v) is 15.8. The van der Waals surface area contributed by atoms with E-state index in [9.17, 15) is 0 Å². The van der Waals surface area contributed by atoms with Crippen molar-refractivity contribution in [2.24, 2.45) is 0 Å². The Morgan fingerprint density at radius 1 is 0.893 bits per heavy atom. The molecule has 0 N–H and O–H groups in total. The van der Waals surface area contributed by atoms with Crippen molar-refractivity contribution in [2.75, 3.05) is 31.2 Å². The van der Waals surface area contributed by atoms with Crippen LogP contribution in [0.3, 0.4) is 0 Å². The zero-order chi connectivity index (χ0) is 18.9. The minimum absolute atomic E-state index is 0.587. The van der Waals surface area contributed by atoms with E-state index in [-0.39, 0.29) is 0 Å². The van der Waals surface area contributed by atoms with Gasteiger partial charge in [0.2, 0.25) is 0 Å². The van der Waals surface area contributed by atoms with Crippen molar-refractivity contribution < 1.29 is 4.74 Å². The van der Waals surface area contributed by atoms with Gasteiger partial charge in [-0.15, -0.1) is 0 Å². The summed E-state index contributed by atoms with van der Waals surface area (Å²) in [6.07, 6.45) is 7.00. The number of imidazole rings is 1. The summed E-state index contributed by atoms with van der Waals surface area (Å²) < 4.78 is 7.39. The number of fused-ring (bicyclic) bond motifs is 1. The zero-order valence-electron chi connectivity index (χ0n) is 15.0. The minimum atomic E-state index is 0.587. The standard InChI is InChI=1S/C20H17ClN6O/c21-15-2-4-19(24-12-15)27-17-13-22-6-5-16(17)25-20(27)14-1-3-18(23-11-14)26-7-9-28-10-8-26/h1-6,11-13H,7-10H2. The molecule has 4 aromatic rings. The Bertz CT molecular complexity index is 1100. The highest BCUT2D eigenvalue weighted by molar-refractivity contribution is 6.30. The maximum absolute atomic E-state index is 6.02. The van der Waals surface area contributed by atoms with Crippen LogP contribution in [0, 0.1) is 0 Å². The summed E-state index contributed by atoms with van der Waals surface area (Å²) in [5.41, 5.74) is 2.63. The highest BCUT2D eigenvalue weighted by Crippen LogP contribution is 2.28. The van der Waals surface area contributed by atoms with Gasteiger partial charge in [0, 0.05) is 37.2 Å². The fourth-order valence-corrected chi connectivity index (χ4v) is 3.46. The number of aromatic nitrogens is 5. The summed E-state index contributed by atoms with van der Waals surface area (Å²) in [4.78, 5) is 20.4. The van der Waals surface area contributed by atoms with Gasteiger partial charge in [-0.2, -0.15) is 0 Å². The van der Waals surface area contributed by atoms with Gasteiger partial charge < -0.3 is 9.64 Å². The Morgan fingerprint density at radius 3 is 2.46 bits per heavy atom. The molecule has 0 aliphatic carbocycles. The largest absolute Gasteiger partial charge is 0.378 e. The Morgan fingerprint density at radius 2 is 1.71 bits per heavy atom. The van der Waals surface area contributed by atoms with Crippen LogP contribution in [-0.4, -0.2) is 50.8 Å². The summed E-state index contributed by atoms with van der Waals surface area (Å²) in [5, 5.41) is 0.587. The van der Waals surface area contributed by atoms with E-state index < -0.39 is 0 Å². The molecule has 0 unspecified atom stereocenters. The number of anilines is 1. The molecule has 0 aromatic carbocycles. The van der Waals surface area contributed by atoms with E-state index >= 15 is 0 Å². The van der Waals surface area contributed by atoms with E-state index in [0.717, 1.165) is 60.4 Å². The molecule has 5 heterocycles. The number of pyridine rings is 3. The van der Waals surface area contributed by atoms with Gasteiger partial charge in [-0.1, -0.05) is 11.6 Å². The number of nitrogens with zero attached hydrogens (tertiary/aromatic N) is 6. The smallest absolute Gasteiger partial charge is 0.148 e. The van der Waals surface area contributed by atoms with Gasteiger partial charge in [0.15, 0.2) is 0 Å². The second-order valence-electron chi connectivity index (χ2n) is 6.47. The lowest BCUT2D eigenvalue weighted by Gasteiger charge is -2.27. The molecule has 0 saturated carbocycles. The molecule has 7 nitrogen and oxygen atoms in total. The normalized spacial score (nSPS) is 14.5. The molecule has 0 atom stereocenters. The van der Waals surface area contributed by atoms with E-state index in [1.165, 1.54) is 0 Å². The van der Waals surface area contributed by atoms with Gasteiger partial charge in [0.05, 0.1) is 35.5 Å². The summed E-state index contributed by atoms with van der Waals surface area (Å²) >= 11 is 6.02. The number of halogens is 1. The molecule has 140 valence electrons. The maximum atomic E-state index is 6.02. The third-order valence-electron chi connectivity index (χ3n) is 4.74. The monoisotopic (exact) mass is 392 g/mol. The van der Waals surface area contributed by atoms with Gasteiger partial charge in [0.25, 0.3) is 0 Å². The van der Waals surface area contributed by atoms with Crippen molar-refractivity contribution in [3.8, 4) is 17.2 Å². The minimum Gasteiger partial charge on any atom is -0.378 e. The first-order valence-corrected chi connectivity index (χ1v) is 9.41. The van der Waals surface area contributed by atoms with Crippen LogP contribution in [0.1, 0.15) is 0 Å². The second kappa shape index (κ2) is 7.18. The van der Waals surface area contributed by atoms with Crippen molar-refractivity contribution >= 4 is 28.5 Å². The van der Waals surface area contributed by atoms with E-state index in [4.69, 9.17) is 21.3 Å². The lowest BCUT2D eigenvalue weighted by Crippen LogP contribution is -2.36. The molecule has 0 spiro atoms. The Balaban J connectivity index is 1.60. The first-order valence-electron chi connectivity index (χ1n) is 9.03. The molecule has 1 fully saturated rings. The molecule has 4 aromatic heterocycles. The van der Waals surface area contributed by atoms with E-state index in [1.807, 2.05) is 41.1 Å². The van der Waals surface area contributed by atoms with Crippen molar-refractivity contribution in [3.05, 3.63) is 60.1 Å². The van der Waals surface area contributed by atoms with Crippen LogP contribution in [-0.2, 0) is 4.74 Å². The van der Waals surface area contributed by atoms with E-state index in [2.05, 4.69) is 19.9 Å². The number of rotatable bonds is 3. The topological polar surface area (TPSA) is 69.0 Å². The summed E-state index contributed by atoms with van der Waals surface area (Å²) in [5.74, 6) is 2.44. The highest BCUT2D eigenvalue weighted by atomic mass is 35.5. The molecule has 0 radical (unpaired) electrons. The Kier molecular flexibility index (Phi) is 4.38. The molecule has 0 amide bonds. The number of hydrogen-bond acceptors (Lipinski definition) is 6. The lowest BCUT2D eigenvalue weighted by molar-refractivity contribution is 0.122. The molecule has 5 rings (SSSR count). The number of ether oxygens (including phenoxy) is 1. The summed E-state index contributed by atoms with van der Waals surface area (Å²) in [6.45, 7) is 3.17. The van der Waals surface area contributed by atoms with E-state index in [1.54, 1.807) is 18.6 Å². The third-order valence-corrected chi connectivity index (χ3v) is 4.96. The highest BCUT2D eigenvalue weighted by Gasteiger charge is 2.17. The molecular weight excluding hydrogens is 376 g/mol.